The average molecular weight is 437 g/mol. The van der Waals surface area contributed by atoms with Gasteiger partial charge in [-0.2, -0.15) is 0 Å². The van der Waals surface area contributed by atoms with Gasteiger partial charge in [0.15, 0.2) is 0 Å². The quantitative estimate of drug-likeness (QED) is 0.643. The first-order chi connectivity index (χ1) is 15.0. The van der Waals surface area contributed by atoms with Gasteiger partial charge in [-0.15, -0.1) is 11.3 Å². The van der Waals surface area contributed by atoms with E-state index in [9.17, 15) is 14.4 Å². The number of aryl methyl sites for hydroxylation is 1. The minimum absolute atomic E-state index is 0.151. The Morgan fingerprint density at radius 3 is 2.84 bits per heavy atom. The van der Waals surface area contributed by atoms with E-state index < -0.39 is 0 Å². The number of thiophene rings is 1. The molecule has 160 valence electrons. The number of para-hydroxylation sites is 1. The Morgan fingerprint density at radius 2 is 2.03 bits per heavy atom. The molecule has 2 aromatic heterocycles. The number of nitrogens with one attached hydrogen (secondary N) is 2. The lowest BCUT2D eigenvalue weighted by Gasteiger charge is -2.17. The first-order valence-electron chi connectivity index (χ1n) is 10.7. The second kappa shape index (κ2) is 7.92. The van der Waals surface area contributed by atoms with Crippen LogP contribution in [-0.4, -0.2) is 27.4 Å². The zero-order chi connectivity index (χ0) is 21.5. The third-order valence-corrected chi connectivity index (χ3v) is 7.12. The molecule has 7 nitrogen and oxygen atoms in total. The number of nitrogens with zero attached hydrogens (tertiary/aromatic N) is 2. The third-order valence-electron chi connectivity index (χ3n) is 5.95. The van der Waals surface area contributed by atoms with Crippen molar-refractivity contribution in [1.82, 2.24) is 14.9 Å². The van der Waals surface area contributed by atoms with Gasteiger partial charge in [0.25, 0.3) is 11.5 Å². The Bertz CT molecular complexity index is 1240. The summed E-state index contributed by atoms with van der Waals surface area (Å²) >= 11 is 1.59. The number of fused-ring (bicyclic) bond motifs is 3. The molecule has 5 rings (SSSR count). The van der Waals surface area contributed by atoms with Crippen molar-refractivity contribution >= 4 is 39.1 Å². The van der Waals surface area contributed by atoms with Gasteiger partial charge < -0.3 is 10.6 Å². The van der Waals surface area contributed by atoms with Gasteiger partial charge in [-0.1, -0.05) is 19.1 Å². The second-order valence-corrected chi connectivity index (χ2v) is 9.63. The number of rotatable bonds is 5. The van der Waals surface area contributed by atoms with Crippen molar-refractivity contribution in [3.8, 4) is 0 Å². The topological polar surface area (TPSA) is 93.1 Å². The highest BCUT2D eigenvalue weighted by molar-refractivity contribution is 7.18. The van der Waals surface area contributed by atoms with Gasteiger partial charge in [-0.3, -0.25) is 19.0 Å². The smallest absolute Gasteiger partial charge is 0.262 e. The van der Waals surface area contributed by atoms with Crippen molar-refractivity contribution in [2.75, 3.05) is 5.32 Å². The summed E-state index contributed by atoms with van der Waals surface area (Å²) in [6, 6.07) is 7.14. The second-order valence-electron chi connectivity index (χ2n) is 8.55. The number of benzene rings is 1. The lowest BCUT2D eigenvalue weighted by atomic mass is 9.89. The van der Waals surface area contributed by atoms with Crippen molar-refractivity contribution in [3.63, 3.8) is 0 Å². The summed E-state index contributed by atoms with van der Waals surface area (Å²) in [7, 11) is 0. The molecule has 2 aliphatic rings. The zero-order valence-electron chi connectivity index (χ0n) is 17.3. The highest BCUT2D eigenvalue weighted by atomic mass is 32.1. The van der Waals surface area contributed by atoms with E-state index in [0.29, 0.717) is 22.6 Å². The lowest BCUT2D eigenvalue weighted by molar-refractivity contribution is -0.116. The van der Waals surface area contributed by atoms with Crippen LogP contribution in [0.1, 0.15) is 47.0 Å². The largest absolute Gasteiger partial charge is 0.349 e. The molecule has 0 radical (unpaired) electrons. The summed E-state index contributed by atoms with van der Waals surface area (Å²) in [6.07, 6.45) is 6.35. The van der Waals surface area contributed by atoms with Crippen LogP contribution in [0.5, 0.6) is 0 Å². The van der Waals surface area contributed by atoms with Gasteiger partial charge in [-0.25, -0.2) is 4.98 Å². The van der Waals surface area contributed by atoms with Crippen molar-refractivity contribution in [2.24, 2.45) is 5.92 Å². The van der Waals surface area contributed by atoms with Crippen LogP contribution < -0.4 is 16.2 Å². The number of hydrogen-bond donors (Lipinski definition) is 2. The SMILES string of the molecule is CC1CCc2c(sc3ncn(CC(=O)Nc4ccccc4C(=O)NC4CC4)c(=O)c23)C1. The van der Waals surface area contributed by atoms with Crippen LogP contribution in [0.15, 0.2) is 35.4 Å². The van der Waals surface area contributed by atoms with Crippen LogP contribution >= 0.6 is 11.3 Å². The molecule has 2 heterocycles. The number of hydrogen-bond acceptors (Lipinski definition) is 5. The standard InChI is InChI=1S/C23H24N4O3S/c1-13-6-9-16-18(10-13)31-22-20(16)23(30)27(12-24-22)11-19(28)26-17-5-3-2-4-15(17)21(29)25-14-7-8-14/h2-5,12-14H,6-11H2,1H3,(H,25,29)(H,26,28). The van der Waals surface area contributed by atoms with Crippen LogP contribution in [0.3, 0.4) is 0 Å². The van der Waals surface area contributed by atoms with Gasteiger partial charge in [0, 0.05) is 10.9 Å². The first kappa shape index (κ1) is 19.9. The molecule has 2 aliphatic carbocycles. The molecule has 1 unspecified atom stereocenters. The first-order valence-corrected chi connectivity index (χ1v) is 11.5. The maximum absolute atomic E-state index is 13.1. The molecule has 1 atom stereocenters. The van der Waals surface area contributed by atoms with Gasteiger partial charge in [0.05, 0.1) is 23.0 Å². The number of carbonyl (C=O) groups is 2. The molecule has 2 N–H and O–H groups in total. The van der Waals surface area contributed by atoms with E-state index in [1.54, 1.807) is 35.6 Å². The summed E-state index contributed by atoms with van der Waals surface area (Å²) in [5.41, 5.74) is 1.79. The van der Waals surface area contributed by atoms with Crippen LogP contribution in [0.25, 0.3) is 10.2 Å². The lowest BCUT2D eigenvalue weighted by Crippen LogP contribution is -2.30. The Balaban J connectivity index is 1.37. The van der Waals surface area contributed by atoms with E-state index in [1.807, 2.05) is 0 Å². The van der Waals surface area contributed by atoms with Crippen LogP contribution in [0.2, 0.25) is 0 Å². The van der Waals surface area contributed by atoms with E-state index >= 15 is 0 Å². The fourth-order valence-corrected chi connectivity index (χ4v) is 5.45. The third kappa shape index (κ3) is 3.99. The van der Waals surface area contributed by atoms with E-state index in [1.165, 1.54) is 15.8 Å². The van der Waals surface area contributed by atoms with Crippen LogP contribution in [0.4, 0.5) is 5.69 Å². The molecule has 0 bridgehead atoms. The molecule has 2 amide bonds. The number of aromatic nitrogens is 2. The summed E-state index contributed by atoms with van der Waals surface area (Å²) < 4.78 is 1.36. The Hall–Kier alpha value is -3.00. The number of anilines is 1. The Morgan fingerprint density at radius 1 is 1.23 bits per heavy atom. The molecule has 1 saturated carbocycles. The summed E-state index contributed by atoms with van der Waals surface area (Å²) in [6.45, 7) is 2.08. The molecule has 0 saturated heterocycles. The van der Waals surface area contributed by atoms with Crippen molar-refractivity contribution in [2.45, 2.75) is 51.6 Å². The molecule has 1 fully saturated rings. The van der Waals surface area contributed by atoms with E-state index in [2.05, 4.69) is 22.5 Å². The fourth-order valence-electron chi connectivity index (χ4n) is 4.10. The van der Waals surface area contributed by atoms with E-state index in [-0.39, 0.29) is 30.0 Å². The molecule has 0 spiro atoms. The predicted molar refractivity (Wildman–Crippen MR) is 121 cm³/mol. The van der Waals surface area contributed by atoms with Crippen molar-refractivity contribution in [3.05, 3.63) is 57.0 Å². The summed E-state index contributed by atoms with van der Waals surface area (Å²) in [5.74, 6) is 0.0520. The minimum atomic E-state index is -0.368. The van der Waals surface area contributed by atoms with E-state index in [4.69, 9.17) is 0 Å². The highest BCUT2D eigenvalue weighted by Gasteiger charge is 2.26. The maximum atomic E-state index is 13.1. The Kier molecular flexibility index (Phi) is 5.09. The molecular weight excluding hydrogens is 412 g/mol. The molecular formula is C23H24N4O3S. The maximum Gasteiger partial charge on any atom is 0.262 e. The molecule has 1 aromatic carbocycles. The summed E-state index contributed by atoms with van der Waals surface area (Å²) in [5, 5.41) is 6.38. The van der Waals surface area contributed by atoms with Crippen LogP contribution in [-0.2, 0) is 24.2 Å². The van der Waals surface area contributed by atoms with E-state index in [0.717, 1.165) is 42.5 Å². The number of carbonyl (C=O) groups excluding carboxylic acids is 2. The van der Waals surface area contributed by atoms with Gasteiger partial charge in [-0.05, 0) is 55.7 Å². The molecule has 3 aromatic rings. The van der Waals surface area contributed by atoms with Gasteiger partial charge >= 0.3 is 0 Å². The fraction of sp³-hybridized carbons (Fsp3) is 0.391. The van der Waals surface area contributed by atoms with Crippen molar-refractivity contribution in [1.29, 1.82) is 0 Å². The van der Waals surface area contributed by atoms with Gasteiger partial charge in [0.2, 0.25) is 5.91 Å². The average Bonchev–Trinajstić information content (AvgIpc) is 3.48. The number of amides is 2. The zero-order valence-corrected chi connectivity index (χ0v) is 18.1. The predicted octanol–water partition coefficient (Wildman–Crippen LogP) is 3.11. The highest BCUT2D eigenvalue weighted by Crippen LogP contribution is 2.35. The molecule has 8 heteroatoms. The van der Waals surface area contributed by atoms with Crippen LogP contribution in [0, 0.1) is 5.92 Å². The Labute approximate surface area is 183 Å². The molecule has 0 aliphatic heterocycles. The van der Waals surface area contributed by atoms with Gasteiger partial charge in [0.1, 0.15) is 11.4 Å². The minimum Gasteiger partial charge on any atom is -0.349 e. The van der Waals surface area contributed by atoms with Crippen molar-refractivity contribution < 1.29 is 9.59 Å². The molecule has 31 heavy (non-hydrogen) atoms. The summed E-state index contributed by atoms with van der Waals surface area (Å²) in [4.78, 5) is 44.8. The monoisotopic (exact) mass is 436 g/mol. The normalized spacial score (nSPS) is 17.9.